The molecule has 1 rings (SSSR count). The quantitative estimate of drug-likeness (QED) is 0.861. The van der Waals surface area contributed by atoms with Gasteiger partial charge in [0.2, 0.25) is 0 Å². The highest BCUT2D eigenvalue weighted by Gasteiger charge is 2.36. The molecule has 0 fully saturated rings. The third-order valence-electron chi connectivity index (χ3n) is 3.00. The number of likely N-dealkylation sites (N-methyl/N-ethyl adjacent to an activating group) is 1. The summed E-state index contributed by atoms with van der Waals surface area (Å²) in [7, 11) is 0. The fourth-order valence-electron chi connectivity index (χ4n) is 1.96. The SMILES string of the molecule is CCN(C(C)c1cccs1)C(C)(C)C(=O)O. The van der Waals surface area contributed by atoms with Gasteiger partial charge in [0, 0.05) is 10.9 Å². The average Bonchev–Trinajstić information content (AvgIpc) is 2.70. The first-order valence-electron chi connectivity index (χ1n) is 5.44. The van der Waals surface area contributed by atoms with Crippen LogP contribution in [0.2, 0.25) is 0 Å². The van der Waals surface area contributed by atoms with Gasteiger partial charge in [-0.3, -0.25) is 9.69 Å². The van der Waals surface area contributed by atoms with Crippen LogP contribution in [0.15, 0.2) is 17.5 Å². The third kappa shape index (κ3) is 2.44. The number of thiophene rings is 1. The molecule has 1 aromatic rings. The Hall–Kier alpha value is -0.870. The maximum absolute atomic E-state index is 11.3. The summed E-state index contributed by atoms with van der Waals surface area (Å²) in [6.07, 6.45) is 0. The van der Waals surface area contributed by atoms with E-state index >= 15 is 0 Å². The molecule has 0 bridgehead atoms. The lowest BCUT2D eigenvalue weighted by Crippen LogP contribution is -2.50. The minimum atomic E-state index is -0.835. The van der Waals surface area contributed by atoms with Crippen molar-refractivity contribution in [3.63, 3.8) is 0 Å². The zero-order valence-corrected chi connectivity index (χ0v) is 11.0. The summed E-state index contributed by atoms with van der Waals surface area (Å²) >= 11 is 1.67. The first kappa shape index (κ1) is 13.2. The molecule has 1 unspecified atom stereocenters. The lowest BCUT2D eigenvalue weighted by atomic mass is 10.00. The maximum Gasteiger partial charge on any atom is 0.323 e. The van der Waals surface area contributed by atoms with E-state index in [1.807, 2.05) is 23.3 Å². The van der Waals surface area contributed by atoms with E-state index < -0.39 is 11.5 Å². The van der Waals surface area contributed by atoms with E-state index in [-0.39, 0.29) is 6.04 Å². The molecule has 0 saturated carbocycles. The molecule has 0 saturated heterocycles. The number of nitrogens with zero attached hydrogens (tertiary/aromatic N) is 1. The van der Waals surface area contributed by atoms with Crippen LogP contribution in [-0.4, -0.2) is 28.1 Å². The van der Waals surface area contributed by atoms with Crippen LogP contribution in [0.25, 0.3) is 0 Å². The molecule has 0 amide bonds. The number of hydrogen-bond donors (Lipinski definition) is 1. The molecular weight excluding hydrogens is 222 g/mol. The summed E-state index contributed by atoms with van der Waals surface area (Å²) < 4.78 is 0. The van der Waals surface area contributed by atoms with Crippen molar-refractivity contribution in [3.8, 4) is 0 Å². The molecule has 3 nitrogen and oxygen atoms in total. The van der Waals surface area contributed by atoms with Gasteiger partial charge in [0.1, 0.15) is 5.54 Å². The number of hydrogen-bond acceptors (Lipinski definition) is 3. The highest BCUT2D eigenvalue weighted by atomic mass is 32.1. The average molecular weight is 241 g/mol. The van der Waals surface area contributed by atoms with Crippen LogP contribution < -0.4 is 0 Å². The standard InChI is InChI=1S/C12H19NO2S/c1-5-13(12(3,4)11(14)15)9(2)10-7-6-8-16-10/h6-9H,5H2,1-4H3,(H,14,15). The summed E-state index contributed by atoms with van der Waals surface area (Å²) in [5.74, 6) is -0.780. The Morgan fingerprint density at radius 3 is 2.62 bits per heavy atom. The van der Waals surface area contributed by atoms with E-state index in [4.69, 9.17) is 0 Å². The minimum absolute atomic E-state index is 0.135. The fraction of sp³-hybridized carbons (Fsp3) is 0.583. The molecule has 0 aliphatic rings. The molecule has 1 N–H and O–H groups in total. The van der Waals surface area contributed by atoms with Crippen molar-refractivity contribution < 1.29 is 9.90 Å². The van der Waals surface area contributed by atoms with E-state index in [1.165, 1.54) is 4.88 Å². The Morgan fingerprint density at radius 1 is 1.62 bits per heavy atom. The van der Waals surface area contributed by atoms with Gasteiger partial charge in [0.15, 0.2) is 0 Å². The Kier molecular flexibility index (Phi) is 4.10. The molecule has 0 aliphatic heterocycles. The molecule has 90 valence electrons. The van der Waals surface area contributed by atoms with Crippen molar-refractivity contribution in [1.82, 2.24) is 4.90 Å². The third-order valence-corrected chi connectivity index (χ3v) is 4.05. The van der Waals surface area contributed by atoms with Gasteiger partial charge in [0.05, 0.1) is 0 Å². The molecule has 1 aromatic heterocycles. The van der Waals surface area contributed by atoms with Crippen LogP contribution in [0.3, 0.4) is 0 Å². The van der Waals surface area contributed by atoms with Crippen molar-refractivity contribution in [3.05, 3.63) is 22.4 Å². The second kappa shape index (κ2) is 4.97. The summed E-state index contributed by atoms with van der Waals surface area (Å²) in [5, 5.41) is 11.3. The Labute approximate surface area is 101 Å². The van der Waals surface area contributed by atoms with Crippen molar-refractivity contribution in [1.29, 1.82) is 0 Å². The molecule has 0 radical (unpaired) electrons. The second-order valence-electron chi connectivity index (χ2n) is 4.34. The van der Waals surface area contributed by atoms with Crippen LogP contribution >= 0.6 is 11.3 Å². The molecule has 0 aromatic carbocycles. The number of carbonyl (C=O) groups is 1. The minimum Gasteiger partial charge on any atom is -0.480 e. The van der Waals surface area contributed by atoms with E-state index in [9.17, 15) is 9.90 Å². The van der Waals surface area contributed by atoms with Crippen molar-refractivity contribution in [2.75, 3.05) is 6.54 Å². The summed E-state index contributed by atoms with van der Waals surface area (Å²) in [4.78, 5) is 14.5. The van der Waals surface area contributed by atoms with Crippen molar-refractivity contribution >= 4 is 17.3 Å². The van der Waals surface area contributed by atoms with Crippen LogP contribution in [0.4, 0.5) is 0 Å². The number of rotatable bonds is 5. The van der Waals surface area contributed by atoms with E-state index in [0.717, 1.165) is 6.54 Å². The van der Waals surface area contributed by atoms with Crippen LogP contribution in [0.5, 0.6) is 0 Å². The Bertz CT molecular complexity index is 346. The van der Waals surface area contributed by atoms with Crippen LogP contribution in [0.1, 0.15) is 38.6 Å². The number of carboxylic acid groups (broad SMARTS) is 1. The first-order valence-corrected chi connectivity index (χ1v) is 6.32. The smallest absolute Gasteiger partial charge is 0.323 e. The van der Waals surface area contributed by atoms with Gasteiger partial charge in [-0.15, -0.1) is 11.3 Å². The highest BCUT2D eigenvalue weighted by Crippen LogP contribution is 2.30. The highest BCUT2D eigenvalue weighted by molar-refractivity contribution is 7.10. The largest absolute Gasteiger partial charge is 0.480 e. The molecule has 0 aliphatic carbocycles. The zero-order chi connectivity index (χ0) is 12.3. The van der Waals surface area contributed by atoms with E-state index in [1.54, 1.807) is 25.2 Å². The van der Waals surface area contributed by atoms with Crippen molar-refractivity contribution in [2.45, 2.75) is 39.3 Å². The first-order chi connectivity index (χ1) is 7.41. The predicted molar refractivity (Wildman–Crippen MR) is 66.8 cm³/mol. The lowest BCUT2D eigenvalue weighted by Gasteiger charge is -2.38. The van der Waals surface area contributed by atoms with Crippen LogP contribution in [-0.2, 0) is 4.79 Å². The van der Waals surface area contributed by atoms with Gasteiger partial charge in [-0.2, -0.15) is 0 Å². The Balaban J connectivity index is 2.95. The molecule has 4 heteroatoms. The number of carboxylic acids is 1. The van der Waals surface area contributed by atoms with Gasteiger partial charge in [0.25, 0.3) is 0 Å². The molecule has 0 spiro atoms. The summed E-state index contributed by atoms with van der Waals surface area (Å²) in [5.41, 5.74) is -0.835. The molecular formula is C12H19NO2S. The van der Waals surface area contributed by atoms with Gasteiger partial charge < -0.3 is 5.11 Å². The summed E-state index contributed by atoms with van der Waals surface area (Å²) in [6.45, 7) is 8.28. The van der Waals surface area contributed by atoms with E-state index in [2.05, 4.69) is 13.0 Å². The lowest BCUT2D eigenvalue weighted by molar-refractivity contribution is -0.150. The monoisotopic (exact) mass is 241 g/mol. The zero-order valence-electron chi connectivity index (χ0n) is 10.2. The van der Waals surface area contributed by atoms with Crippen molar-refractivity contribution in [2.24, 2.45) is 0 Å². The van der Waals surface area contributed by atoms with E-state index in [0.29, 0.717) is 0 Å². The van der Waals surface area contributed by atoms with Crippen LogP contribution in [0, 0.1) is 0 Å². The second-order valence-corrected chi connectivity index (χ2v) is 5.32. The van der Waals surface area contributed by atoms with Gasteiger partial charge in [-0.05, 0) is 38.8 Å². The summed E-state index contributed by atoms with van der Waals surface area (Å²) in [6, 6.07) is 4.18. The van der Waals surface area contributed by atoms with Gasteiger partial charge in [-0.25, -0.2) is 0 Å². The maximum atomic E-state index is 11.3. The normalized spacial score (nSPS) is 14.1. The van der Waals surface area contributed by atoms with Gasteiger partial charge in [-0.1, -0.05) is 13.0 Å². The number of aliphatic carboxylic acids is 1. The molecule has 1 atom stereocenters. The van der Waals surface area contributed by atoms with Gasteiger partial charge >= 0.3 is 5.97 Å². The predicted octanol–water partition coefficient (Wildman–Crippen LogP) is 2.99. The topological polar surface area (TPSA) is 40.5 Å². The Morgan fingerprint density at radius 2 is 2.25 bits per heavy atom. The molecule has 16 heavy (non-hydrogen) atoms. The molecule has 1 heterocycles. The fourth-order valence-corrected chi connectivity index (χ4v) is 2.75.